The highest BCUT2D eigenvalue weighted by atomic mass is 16.5. The van der Waals surface area contributed by atoms with Crippen molar-refractivity contribution < 1.29 is 4.74 Å². The fourth-order valence-corrected chi connectivity index (χ4v) is 3.27. The van der Waals surface area contributed by atoms with Gasteiger partial charge in [-0.15, -0.1) is 0 Å². The van der Waals surface area contributed by atoms with E-state index in [0.29, 0.717) is 0 Å². The van der Waals surface area contributed by atoms with Gasteiger partial charge in [-0.25, -0.2) is 0 Å². The van der Waals surface area contributed by atoms with Crippen molar-refractivity contribution in [2.45, 2.75) is 39.0 Å². The Balaban J connectivity index is 2.00. The van der Waals surface area contributed by atoms with Crippen LogP contribution in [0.2, 0.25) is 0 Å². The van der Waals surface area contributed by atoms with Crippen molar-refractivity contribution in [2.75, 3.05) is 20.2 Å². The molecule has 1 N–H and O–H groups in total. The van der Waals surface area contributed by atoms with Crippen LogP contribution in [0.25, 0.3) is 0 Å². The smallest absolute Gasteiger partial charge is 0.119 e. The molecule has 1 fully saturated rings. The Morgan fingerprint density at radius 1 is 1.32 bits per heavy atom. The van der Waals surface area contributed by atoms with Crippen LogP contribution < -0.4 is 10.1 Å². The normalized spacial score (nSPS) is 17.6. The first-order chi connectivity index (χ1) is 9.33. The predicted octanol–water partition coefficient (Wildman–Crippen LogP) is 3.65. The van der Waals surface area contributed by atoms with Gasteiger partial charge in [0.25, 0.3) is 0 Å². The summed E-state index contributed by atoms with van der Waals surface area (Å²) in [6.45, 7) is 4.41. The van der Waals surface area contributed by atoms with E-state index >= 15 is 0 Å². The quantitative estimate of drug-likeness (QED) is 0.809. The van der Waals surface area contributed by atoms with Crippen LogP contribution in [-0.4, -0.2) is 20.2 Å². The lowest BCUT2D eigenvalue weighted by Crippen LogP contribution is -2.28. The molecule has 2 heteroatoms. The molecule has 0 saturated heterocycles. The van der Waals surface area contributed by atoms with Gasteiger partial charge in [0.15, 0.2) is 0 Å². The zero-order valence-corrected chi connectivity index (χ0v) is 12.3. The van der Waals surface area contributed by atoms with Crippen molar-refractivity contribution >= 4 is 0 Å². The van der Waals surface area contributed by atoms with Crippen LogP contribution in [-0.2, 0) is 6.42 Å². The summed E-state index contributed by atoms with van der Waals surface area (Å²) in [5.41, 5.74) is 1.41. The second kappa shape index (κ2) is 7.54. The Bertz CT molecular complexity index is 371. The van der Waals surface area contributed by atoms with Crippen molar-refractivity contribution in [3.05, 3.63) is 29.8 Å². The molecule has 0 heterocycles. The Labute approximate surface area is 117 Å². The second-order valence-electron chi connectivity index (χ2n) is 5.67. The molecular formula is C17H27NO. The van der Waals surface area contributed by atoms with E-state index in [1.54, 1.807) is 7.11 Å². The summed E-state index contributed by atoms with van der Waals surface area (Å²) in [4.78, 5) is 0. The van der Waals surface area contributed by atoms with E-state index in [1.807, 2.05) is 6.07 Å². The van der Waals surface area contributed by atoms with Crippen molar-refractivity contribution in [3.8, 4) is 5.75 Å². The fourth-order valence-electron chi connectivity index (χ4n) is 3.27. The highest BCUT2D eigenvalue weighted by Gasteiger charge is 2.24. The minimum Gasteiger partial charge on any atom is -0.497 e. The van der Waals surface area contributed by atoms with Crippen LogP contribution in [0.4, 0.5) is 0 Å². The molecule has 0 aromatic heterocycles. The van der Waals surface area contributed by atoms with E-state index in [0.717, 1.165) is 30.7 Å². The van der Waals surface area contributed by atoms with Crippen LogP contribution in [0.1, 0.15) is 38.2 Å². The lowest BCUT2D eigenvalue weighted by atomic mass is 9.85. The highest BCUT2D eigenvalue weighted by Crippen LogP contribution is 2.33. The predicted molar refractivity (Wildman–Crippen MR) is 80.7 cm³/mol. The summed E-state index contributed by atoms with van der Waals surface area (Å²) < 4.78 is 5.33. The van der Waals surface area contributed by atoms with Crippen LogP contribution >= 0.6 is 0 Å². The van der Waals surface area contributed by atoms with Crippen LogP contribution in [0.15, 0.2) is 24.3 Å². The number of nitrogens with one attached hydrogen (secondary N) is 1. The molecule has 1 aliphatic rings. The minimum absolute atomic E-state index is 0.773. The van der Waals surface area contributed by atoms with E-state index < -0.39 is 0 Å². The molecule has 2 nitrogen and oxygen atoms in total. The zero-order valence-electron chi connectivity index (χ0n) is 12.3. The van der Waals surface area contributed by atoms with Gasteiger partial charge >= 0.3 is 0 Å². The molecule has 0 bridgehead atoms. The van der Waals surface area contributed by atoms with Crippen molar-refractivity contribution in [2.24, 2.45) is 11.8 Å². The van der Waals surface area contributed by atoms with Gasteiger partial charge in [-0.2, -0.15) is 0 Å². The third kappa shape index (κ3) is 4.24. The zero-order chi connectivity index (χ0) is 13.5. The molecule has 0 radical (unpaired) electrons. The third-order valence-corrected chi connectivity index (χ3v) is 4.36. The van der Waals surface area contributed by atoms with Gasteiger partial charge in [0.1, 0.15) is 5.75 Å². The SMILES string of the molecule is CCNCC(Cc1cccc(OC)c1)C1CCCC1. The maximum absolute atomic E-state index is 5.33. The average molecular weight is 261 g/mol. The Kier molecular flexibility index (Phi) is 5.71. The van der Waals surface area contributed by atoms with Gasteiger partial charge in [0.2, 0.25) is 0 Å². The van der Waals surface area contributed by atoms with Gasteiger partial charge in [-0.1, -0.05) is 44.7 Å². The monoisotopic (exact) mass is 261 g/mol. The summed E-state index contributed by atoms with van der Waals surface area (Å²) >= 11 is 0. The molecular weight excluding hydrogens is 234 g/mol. The summed E-state index contributed by atoms with van der Waals surface area (Å²) in [7, 11) is 1.74. The van der Waals surface area contributed by atoms with Crippen molar-refractivity contribution in [1.29, 1.82) is 0 Å². The van der Waals surface area contributed by atoms with Gasteiger partial charge in [-0.05, 0) is 49.0 Å². The first-order valence-corrected chi connectivity index (χ1v) is 7.67. The summed E-state index contributed by atoms with van der Waals surface area (Å²) in [5.74, 6) is 2.66. The molecule has 1 atom stereocenters. The molecule has 0 spiro atoms. The maximum atomic E-state index is 5.33. The lowest BCUT2D eigenvalue weighted by Gasteiger charge is -2.24. The number of ether oxygens (including phenoxy) is 1. The first kappa shape index (κ1) is 14.4. The van der Waals surface area contributed by atoms with Gasteiger partial charge in [0, 0.05) is 0 Å². The number of rotatable bonds is 7. The Morgan fingerprint density at radius 3 is 2.79 bits per heavy atom. The molecule has 1 unspecified atom stereocenters. The fraction of sp³-hybridized carbons (Fsp3) is 0.647. The molecule has 1 aromatic rings. The van der Waals surface area contributed by atoms with E-state index in [9.17, 15) is 0 Å². The first-order valence-electron chi connectivity index (χ1n) is 7.67. The standard InChI is InChI=1S/C17H27NO/c1-3-18-13-16(15-8-4-5-9-15)11-14-7-6-10-17(12-14)19-2/h6-7,10,12,15-16,18H,3-5,8-9,11,13H2,1-2H3. The topological polar surface area (TPSA) is 21.3 Å². The number of methoxy groups -OCH3 is 1. The van der Waals surface area contributed by atoms with Crippen molar-refractivity contribution in [1.82, 2.24) is 5.32 Å². The molecule has 1 aromatic carbocycles. The maximum Gasteiger partial charge on any atom is 0.119 e. The van der Waals surface area contributed by atoms with E-state index in [-0.39, 0.29) is 0 Å². The molecule has 106 valence electrons. The highest BCUT2D eigenvalue weighted by molar-refractivity contribution is 5.28. The summed E-state index contributed by atoms with van der Waals surface area (Å²) in [6.07, 6.45) is 6.85. The van der Waals surface area contributed by atoms with Gasteiger partial charge in [-0.3, -0.25) is 0 Å². The van der Waals surface area contributed by atoms with Crippen LogP contribution in [0.5, 0.6) is 5.75 Å². The molecule has 2 rings (SSSR count). The average Bonchev–Trinajstić information content (AvgIpc) is 2.97. The molecule has 1 saturated carbocycles. The van der Waals surface area contributed by atoms with Gasteiger partial charge < -0.3 is 10.1 Å². The molecule has 0 aliphatic heterocycles. The second-order valence-corrected chi connectivity index (χ2v) is 5.67. The van der Waals surface area contributed by atoms with Crippen LogP contribution in [0.3, 0.4) is 0 Å². The van der Waals surface area contributed by atoms with E-state index in [4.69, 9.17) is 4.74 Å². The number of hydrogen-bond donors (Lipinski definition) is 1. The van der Waals surface area contributed by atoms with Crippen molar-refractivity contribution in [3.63, 3.8) is 0 Å². The summed E-state index contributed by atoms with van der Waals surface area (Å²) in [5, 5.41) is 3.54. The van der Waals surface area contributed by atoms with E-state index in [2.05, 4.69) is 30.4 Å². The lowest BCUT2D eigenvalue weighted by molar-refractivity contribution is 0.322. The van der Waals surface area contributed by atoms with E-state index in [1.165, 1.54) is 37.7 Å². The Morgan fingerprint density at radius 2 is 2.11 bits per heavy atom. The van der Waals surface area contributed by atoms with Gasteiger partial charge in [0.05, 0.1) is 7.11 Å². The third-order valence-electron chi connectivity index (χ3n) is 4.36. The molecule has 19 heavy (non-hydrogen) atoms. The van der Waals surface area contributed by atoms with Crippen LogP contribution in [0, 0.1) is 11.8 Å². The summed E-state index contributed by atoms with van der Waals surface area (Å²) in [6, 6.07) is 8.55. The molecule has 0 amide bonds. The number of benzene rings is 1. The minimum atomic E-state index is 0.773. The molecule has 1 aliphatic carbocycles. The number of hydrogen-bond acceptors (Lipinski definition) is 2. The largest absolute Gasteiger partial charge is 0.497 e. The Hall–Kier alpha value is -1.02.